The quantitative estimate of drug-likeness (QED) is 0.493. The molecule has 0 fully saturated rings. The summed E-state index contributed by atoms with van der Waals surface area (Å²) in [7, 11) is 0. The second kappa shape index (κ2) is 12.0. The molecule has 0 bridgehead atoms. The molecule has 0 aliphatic rings. The number of amides is 2. The van der Waals surface area contributed by atoms with Crippen molar-refractivity contribution >= 4 is 35.2 Å². The van der Waals surface area contributed by atoms with E-state index in [2.05, 4.69) is 36.5 Å². The normalized spacial score (nSPS) is 12.8. The summed E-state index contributed by atoms with van der Waals surface area (Å²) in [6.45, 7) is 8.17. The van der Waals surface area contributed by atoms with Gasteiger partial charge in [-0.25, -0.2) is 0 Å². The smallest absolute Gasteiger partial charge is 0.242 e. The Morgan fingerprint density at radius 1 is 1.13 bits per heavy atom. The van der Waals surface area contributed by atoms with Crippen molar-refractivity contribution in [1.82, 2.24) is 10.2 Å². The third-order valence-corrected chi connectivity index (χ3v) is 6.26. The van der Waals surface area contributed by atoms with Crippen LogP contribution in [0.3, 0.4) is 0 Å². The van der Waals surface area contributed by atoms with Gasteiger partial charge in [-0.15, -0.1) is 11.8 Å². The highest BCUT2D eigenvalue weighted by atomic mass is 35.5. The predicted octanol–water partition coefficient (Wildman–Crippen LogP) is 5.46. The van der Waals surface area contributed by atoms with Crippen molar-refractivity contribution in [2.75, 3.05) is 5.75 Å². The summed E-state index contributed by atoms with van der Waals surface area (Å²) < 4.78 is 0. The van der Waals surface area contributed by atoms with E-state index >= 15 is 0 Å². The Morgan fingerprint density at radius 3 is 2.47 bits per heavy atom. The standard InChI is InChI=1S/C24H31ClN2O2S/c1-5-18(3)26-24(29)19(4)27(16-20-7-6-8-21(25)15-20)23(28)13-14-30-22-11-9-17(2)10-12-22/h6-12,15,18-19H,5,13-14,16H2,1-4H3,(H,26,29)/t18-,19-/m0/s1. The monoisotopic (exact) mass is 446 g/mol. The zero-order chi connectivity index (χ0) is 22.1. The molecule has 2 atom stereocenters. The van der Waals surface area contributed by atoms with Crippen LogP contribution >= 0.6 is 23.4 Å². The van der Waals surface area contributed by atoms with Crippen LogP contribution in [0.1, 0.15) is 44.7 Å². The number of hydrogen-bond acceptors (Lipinski definition) is 3. The number of carbonyl (C=O) groups excluding carboxylic acids is 2. The first-order chi connectivity index (χ1) is 14.3. The van der Waals surface area contributed by atoms with Gasteiger partial charge in [-0.2, -0.15) is 0 Å². The summed E-state index contributed by atoms with van der Waals surface area (Å²) in [4.78, 5) is 28.6. The molecule has 30 heavy (non-hydrogen) atoms. The van der Waals surface area contributed by atoms with Crippen LogP contribution in [-0.4, -0.2) is 34.6 Å². The molecule has 0 radical (unpaired) electrons. The Morgan fingerprint density at radius 2 is 1.83 bits per heavy atom. The molecule has 0 heterocycles. The fourth-order valence-corrected chi connectivity index (χ4v) is 3.97. The van der Waals surface area contributed by atoms with Crippen molar-refractivity contribution in [2.24, 2.45) is 0 Å². The number of nitrogens with zero attached hydrogens (tertiary/aromatic N) is 1. The Kier molecular flexibility index (Phi) is 9.73. The van der Waals surface area contributed by atoms with Crippen LogP contribution in [0.4, 0.5) is 0 Å². The maximum Gasteiger partial charge on any atom is 0.242 e. The third kappa shape index (κ3) is 7.69. The molecule has 1 N–H and O–H groups in total. The average molecular weight is 447 g/mol. The minimum Gasteiger partial charge on any atom is -0.352 e. The Labute approximate surface area is 189 Å². The van der Waals surface area contributed by atoms with Crippen molar-refractivity contribution in [3.05, 3.63) is 64.7 Å². The van der Waals surface area contributed by atoms with Gasteiger partial charge in [-0.05, 0) is 57.0 Å². The number of carbonyl (C=O) groups is 2. The van der Waals surface area contributed by atoms with Gasteiger partial charge in [-0.3, -0.25) is 9.59 Å². The fourth-order valence-electron chi connectivity index (χ4n) is 2.91. The highest BCUT2D eigenvalue weighted by molar-refractivity contribution is 7.99. The molecule has 2 aromatic rings. The number of hydrogen-bond donors (Lipinski definition) is 1. The van der Waals surface area contributed by atoms with Gasteiger partial charge in [0.2, 0.25) is 11.8 Å². The zero-order valence-electron chi connectivity index (χ0n) is 18.2. The number of aryl methyl sites for hydroxylation is 1. The zero-order valence-corrected chi connectivity index (χ0v) is 19.7. The molecule has 162 valence electrons. The van der Waals surface area contributed by atoms with Crippen LogP contribution < -0.4 is 5.32 Å². The van der Waals surface area contributed by atoms with Gasteiger partial charge in [-0.1, -0.05) is 48.4 Å². The summed E-state index contributed by atoms with van der Waals surface area (Å²) in [6, 6.07) is 15.2. The minimum absolute atomic E-state index is 0.0404. The van der Waals surface area contributed by atoms with E-state index in [9.17, 15) is 9.59 Å². The van der Waals surface area contributed by atoms with Crippen LogP contribution in [0.2, 0.25) is 5.02 Å². The molecule has 0 aliphatic carbocycles. The van der Waals surface area contributed by atoms with E-state index < -0.39 is 6.04 Å². The van der Waals surface area contributed by atoms with E-state index in [1.807, 2.05) is 32.0 Å². The van der Waals surface area contributed by atoms with Crippen LogP contribution in [0.5, 0.6) is 0 Å². The molecule has 0 saturated carbocycles. The van der Waals surface area contributed by atoms with Gasteiger partial charge in [0.1, 0.15) is 6.04 Å². The molecule has 2 amide bonds. The molecular weight excluding hydrogens is 416 g/mol. The van der Waals surface area contributed by atoms with Gasteiger partial charge in [0.25, 0.3) is 0 Å². The van der Waals surface area contributed by atoms with Crippen molar-refractivity contribution in [1.29, 1.82) is 0 Å². The number of benzene rings is 2. The highest BCUT2D eigenvalue weighted by Crippen LogP contribution is 2.21. The van der Waals surface area contributed by atoms with Gasteiger partial charge >= 0.3 is 0 Å². The molecule has 0 aromatic heterocycles. The third-order valence-electron chi connectivity index (χ3n) is 5.02. The van der Waals surface area contributed by atoms with Crippen molar-refractivity contribution in [3.8, 4) is 0 Å². The lowest BCUT2D eigenvalue weighted by Gasteiger charge is -2.29. The Hall–Kier alpha value is -1.98. The van der Waals surface area contributed by atoms with Crippen molar-refractivity contribution in [2.45, 2.75) is 64.1 Å². The van der Waals surface area contributed by atoms with Gasteiger partial charge in [0.05, 0.1) is 0 Å². The van der Waals surface area contributed by atoms with Gasteiger partial charge < -0.3 is 10.2 Å². The molecule has 2 rings (SSSR count). The second-order valence-corrected chi connectivity index (χ2v) is 9.16. The lowest BCUT2D eigenvalue weighted by atomic mass is 10.1. The molecule has 0 unspecified atom stereocenters. The first kappa shape index (κ1) is 24.3. The predicted molar refractivity (Wildman–Crippen MR) is 126 cm³/mol. The van der Waals surface area contributed by atoms with E-state index in [0.717, 1.165) is 16.9 Å². The van der Waals surface area contributed by atoms with Crippen LogP contribution in [-0.2, 0) is 16.1 Å². The summed E-state index contributed by atoms with van der Waals surface area (Å²) in [5, 5.41) is 3.60. The number of thioether (sulfide) groups is 1. The van der Waals surface area contributed by atoms with Gasteiger partial charge in [0.15, 0.2) is 0 Å². The van der Waals surface area contributed by atoms with Crippen LogP contribution in [0.15, 0.2) is 53.4 Å². The molecule has 4 nitrogen and oxygen atoms in total. The van der Waals surface area contributed by atoms with Gasteiger partial charge in [0, 0.05) is 34.7 Å². The van der Waals surface area contributed by atoms with Crippen molar-refractivity contribution < 1.29 is 9.59 Å². The SMILES string of the molecule is CC[C@H](C)NC(=O)[C@H](C)N(Cc1cccc(Cl)c1)C(=O)CCSc1ccc(C)cc1. The van der Waals surface area contributed by atoms with E-state index in [1.165, 1.54) is 5.56 Å². The average Bonchev–Trinajstić information content (AvgIpc) is 2.72. The Bertz CT molecular complexity index is 841. The molecular formula is C24H31ClN2O2S. The highest BCUT2D eigenvalue weighted by Gasteiger charge is 2.26. The first-order valence-corrected chi connectivity index (χ1v) is 11.7. The molecule has 0 saturated heterocycles. The molecule has 0 aliphatic heterocycles. The first-order valence-electron chi connectivity index (χ1n) is 10.3. The number of nitrogens with one attached hydrogen (secondary N) is 1. The molecule has 2 aromatic carbocycles. The van der Waals surface area contributed by atoms with E-state index in [1.54, 1.807) is 29.7 Å². The second-order valence-electron chi connectivity index (χ2n) is 7.56. The largest absolute Gasteiger partial charge is 0.352 e. The molecule has 0 spiro atoms. The van der Waals surface area contributed by atoms with Crippen LogP contribution in [0, 0.1) is 6.92 Å². The minimum atomic E-state index is -0.560. The molecule has 6 heteroatoms. The summed E-state index contributed by atoms with van der Waals surface area (Å²) in [6.07, 6.45) is 1.20. The van der Waals surface area contributed by atoms with Crippen molar-refractivity contribution in [3.63, 3.8) is 0 Å². The summed E-state index contributed by atoms with van der Waals surface area (Å²) in [5.74, 6) is 0.487. The number of rotatable bonds is 10. The van der Waals surface area contributed by atoms with E-state index in [-0.39, 0.29) is 17.9 Å². The lowest BCUT2D eigenvalue weighted by Crippen LogP contribution is -2.49. The van der Waals surface area contributed by atoms with Crippen LogP contribution in [0.25, 0.3) is 0 Å². The lowest BCUT2D eigenvalue weighted by molar-refractivity contribution is -0.140. The van der Waals surface area contributed by atoms with E-state index in [0.29, 0.717) is 23.7 Å². The fraction of sp³-hybridized carbons (Fsp3) is 0.417. The summed E-state index contributed by atoms with van der Waals surface area (Å²) >= 11 is 7.76. The maximum atomic E-state index is 13.1. The maximum absolute atomic E-state index is 13.1. The Balaban J connectivity index is 2.07. The van der Waals surface area contributed by atoms with E-state index in [4.69, 9.17) is 11.6 Å². The summed E-state index contributed by atoms with van der Waals surface area (Å²) in [5.41, 5.74) is 2.12. The number of halogens is 1. The topological polar surface area (TPSA) is 49.4 Å².